The molecule has 1 atom stereocenters. The third kappa shape index (κ3) is 5.21. The van der Waals surface area contributed by atoms with Crippen LogP contribution in [-0.2, 0) is 4.79 Å². The Morgan fingerprint density at radius 3 is 2.65 bits per heavy atom. The van der Waals surface area contributed by atoms with Gasteiger partial charge in [0.2, 0.25) is 0 Å². The first-order chi connectivity index (χ1) is 9.43. The smallest absolute Gasteiger partial charge is 0.258 e. The highest BCUT2D eigenvalue weighted by atomic mass is 16.5. The third-order valence-corrected chi connectivity index (χ3v) is 3.26. The fourth-order valence-electron chi connectivity index (χ4n) is 2.04. The van der Waals surface area contributed by atoms with Crippen molar-refractivity contribution in [1.82, 2.24) is 5.32 Å². The maximum absolute atomic E-state index is 11.8. The average molecular weight is 279 g/mol. The van der Waals surface area contributed by atoms with Gasteiger partial charge in [0.05, 0.1) is 12.6 Å². The van der Waals surface area contributed by atoms with E-state index in [1.807, 2.05) is 32.0 Å². The molecule has 0 spiro atoms. The maximum Gasteiger partial charge on any atom is 0.258 e. The van der Waals surface area contributed by atoms with Crippen LogP contribution in [0.25, 0.3) is 0 Å². The number of benzene rings is 1. The van der Waals surface area contributed by atoms with Gasteiger partial charge in [0.1, 0.15) is 5.75 Å². The van der Waals surface area contributed by atoms with E-state index in [9.17, 15) is 9.90 Å². The van der Waals surface area contributed by atoms with Crippen LogP contribution in [0.4, 0.5) is 0 Å². The molecule has 4 nitrogen and oxygen atoms in total. The number of amides is 1. The molecule has 4 heteroatoms. The fourth-order valence-corrected chi connectivity index (χ4v) is 2.04. The quantitative estimate of drug-likeness (QED) is 0.804. The van der Waals surface area contributed by atoms with Crippen LogP contribution in [0, 0.1) is 19.8 Å². The van der Waals surface area contributed by atoms with E-state index in [-0.39, 0.29) is 25.2 Å². The summed E-state index contributed by atoms with van der Waals surface area (Å²) in [5, 5.41) is 12.0. The molecule has 2 N–H and O–H groups in total. The predicted octanol–water partition coefficient (Wildman–Crippen LogP) is 2.21. The van der Waals surface area contributed by atoms with Crippen LogP contribution in [0.15, 0.2) is 18.2 Å². The van der Waals surface area contributed by atoms with Crippen LogP contribution < -0.4 is 10.1 Å². The molecule has 0 radical (unpaired) electrons. The summed E-state index contributed by atoms with van der Waals surface area (Å²) in [7, 11) is 0. The molecule has 112 valence electrons. The molecule has 1 aromatic carbocycles. The van der Waals surface area contributed by atoms with E-state index in [0.717, 1.165) is 23.3 Å². The van der Waals surface area contributed by atoms with Gasteiger partial charge < -0.3 is 15.2 Å². The zero-order valence-corrected chi connectivity index (χ0v) is 12.8. The minimum Gasteiger partial charge on any atom is -0.483 e. The summed E-state index contributed by atoms with van der Waals surface area (Å²) in [6.07, 6.45) is 0.756. The molecule has 1 amide bonds. The van der Waals surface area contributed by atoms with E-state index in [4.69, 9.17) is 4.74 Å². The summed E-state index contributed by atoms with van der Waals surface area (Å²) < 4.78 is 5.54. The zero-order valence-electron chi connectivity index (χ0n) is 12.8. The number of rotatable bonds is 7. The Morgan fingerprint density at radius 1 is 1.35 bits per heavy atom. The zero-order chi connectivity index (χ0) is 15.1. The maximum atomic E-state index is 11.8. The minimum absolute atomic E-state index is 0.0289. The first-order valence-corrected chi connectivity index (χ1v) is 7.03. The molecule has 0 aromatic heterocycles. The number of carbonyl (C=O) groups excluding carboxylic acids is 1. The molecule has 0 saturated heterocycles. The normalized spacial score (nSPS) is 12.3. The van der Waals surface area contributed by atoms with Crippen LogP contribution in [0.2, 0.25) is 0 Å². The second-order valence-electron chi connectivity index (χ2n) is 5.56. The number of hydrogen-bond donors (Lipinski definition) is 2. The van der Waals surface area contributed by atoms with E-state index in [1.165, 1.54) is 0 Å². The Balaban J connectivity index is 2.48. The Morgan fingerprint density at radius 2 is 2.05 bits per heavy atom. The van der Waals surface area contributed by atoms with E-state index in [0.29, 0.717) is 5.92 Å². The predicted molar refractivity (Wildman–Crippen MR) is 79.9 cm³/mol. The first kappa shape index (κ1) is 16.5. The van der Waals surface area contributed by atoms with Gasteiger partial charge in [-0.2, -0.15) is 0 Å². The number of aryl methyl sites for hydroxylation is 1. The highest BCUT2D eigenvalue weighted by Crippen LogP contribution is 2.20. The second kappa shape index (κ2) is 7.90. The van der Waals surface area contributed by atoms with E-state index >= 15 is 0 Å². The lowest BCUT2D eigenvalue weighted by Gasteiger charge is -2.18. The largest absolute Gasteiger partial charge is 0.483 e. The lowest BCUT2D eigenvalue weighted by atomic mass is 10.0. The molecule has 20 heavy (non-hydrogen) atoms. The van der Waals surface area contributed by atoms with Crippen molar-refractivity contribution in [3.63, 3.8) is 0 Å². The van der Waals surface area contributed by atoms with Gasteiger partial charge in [0, 0.05) is 0 Å². The lowest BCUT2D eigenvalue weighted by molar-refractivity contribution is -0.124. The van der Waals surface area contributed by atoms with Crippen molar-refractivity contribution in [2.75, 3.05) is 13.2 Å². The van der Waals surface area contributed by atoms with Gasteiger partial charge >= 0.3 is 0 Å². The summed E-state index contributed by atoms with van der Waals surface area (Å²) in [6.45, 7) is 8.01. The standard InChI is InChI=1S/C16H25NO3/c1-11(2)8-14(9-18)17-16(19)10-20-15-7-5-6-12(3)13(15)4/h5-7,11,14,18H,8-10H2,1-4H3,(H,17,19). The first-order valence-electron chi connectivity index (χ1n) is 7.03. The summed E-state index contributed by atoms with van der Waals surface area (Å²) in [5.41, 5.74) is 2.18. The molecule has 0 bridgehead atoms. The van der Waals surface area contributed by atoms with Crippen molar-refractivity contribution in [1.29, 1.82) is 0 Å². The molecule has 1 aromatic rings. The van der Waals surface area contributed by atoms with Crippen molar-refractivity contribution in [2.24, 2.45) is 5.92 Å². The Bertz CT molecular complexity index is 443. The number of hydrogen-bond acceptors (Lipinski definition) is 3. The Hall–Kier alpha value is -1.55. The number of nitrogens with one attached hydrogen (secondary N) is 1. The van der Waals surface area contributed by atoms with Gasteiger partial charge in [-0.05, 0) is 43.4 Å². The molecular formula is C16H25NO3. The Kier molecular flexibility index (Phi) is 6.52. The molecule has 0 aliphatic heterocycles. The lowest BCUT2D eigenvalue weighted by Crippen LogP contribution is -2.40. The van der Waals surface area contributed by atoms with Crippen LogP contribution in [0.3, 0.4) is 0 Å². The van der Waals surface area contributed by atoms with Crippen molar-refractivity contribution < 1.29 is 14.6 Å². The monoisotopic (exact) mass is 279 g/mol. The van der Waals surface area contributed by atoms with Gasteiger partial charge in [0.25, 0.3) is 5.91 Å². The number of aliphatic hydroxyl groups is 1. The molecule has 1 rings (SSSR count). The molecule has 0 heterocycles. The Labute approximate surface area is 121 Å². The van der Waals surface area contributed by atoms with Gasteiger partial charge in [0.15, 0.2) is 6.61 Å². The summed E-state index contributed by atoms with van der Waals surface area (Å²) >= 11 is 0. The summed E-state index contributed by atoms with van der Waals surface area (Å²) in [4.78, 5) is 11.8. The molecule has 0 saturated carbocycles. The van der Waals surface area contributed by atoms with Crippen LogP contribution in [0.1, 0.15) is 31.4 Å². The topological polar surface area (TPSA) is 58.6 Å². The van der Waals surface area contributed by atoms with Gasteiger partial charge in [-0.3, -0.25) is 4.79 Å². The van der Waals surface area contributed by atoms with Crippen molar-refractivity contribution >= 4 is 5.91 Å². The highest BCUT2D eigenvalue weighted by molar-refractivity contribution is 5.77. The molecular weight excluding hydrogens is 254 g/mol. The van der Waals surface area contributed by atoms with E-state index in [2.05, 4.69) is 19.2 Å². The van der Waals surface area contributed by atoms with Crippen LogP contribution >= 0.6 is 0 Å². The van der Waals surface area contributed by atoms with Crippen LogP contribution in [-0.4, -0.2) is 30.3 Å². The average Bonchev–Trinajstić information content (AvgIpc) is 2.39. The third-order valence-electron chi connectivity index (χ3n) is 3.26. The van der Waals surface area contributed by atoms with Crippen LogP contribution in [0.5, 0.6) is 5.75 Å². The second-order valence-corrected chi connectivity index (χ2v) is 5.56. The van der Waals surface area contributed by atoms with Crippen molar-refractivity contribution in [3.05, 3.63) is 29.3 Å². The fraction of sp³-hybridized carbons (Fsp3) is 0.562. The highest BCUT2D eigenvalue weighted by Gasteiger charge is 2.13. The van der Waals surface area contributed by atoms with Gasteiger partial charge in [-0.1, -0.05) is 26.0 Å². The molecule has 0 aliphatic carbocycles. The van der Waals surface area contributed by atoms with Crippen molar-refractivity contribution in [2.45, 2.75) is 40.2 Å². The summed E-state index contributed by atoms with van der Waals surface area (Å²) in [6, 6.07) is 5.56. The van der Waals surface area contributed by atoms with Crippen molar-refractivity contribution in [3.8, 4) is 5.75 Å². The number of ether oxygens (including phenoxy) is 1. The van der Waals surface area contributed by atoms with E-state index < -0.39 is 0 Å². The summed E-state index contributed by atoms with van der Waals surface area (Å²) in [5.74, 6) is 0.947. The van der Waals surface area contributed by atoms with Gasteiger partial charge in [-0.15, -0.1) is 0 Å². The molecule has 0 fully saturated rings. The molecule has 1 unspecified atom stereocenters. The number of carbonyl (C=O) groups is 1. The molecule has 0 aliphatic rings. The SMILES string of the molecule is Cc1cccc(OCC(=O)NC(CO)CC(C)C)c1C. The van der Waals surface area contributed by atoms with E-state index in [1.54, 1.807) is 0 Å². The number of aliphatic hydroxyl groups excluding tert-OH is 1. The van der Waals surface area contributed by atoms with Gasteiger partial charge in [-0.25, -0.2) is 0 Å². The minimum atomic E-state index is -0.204.